The number of methoxy groups -OCH3 is 1. The SMILES string of the molecule is CCCCNCC(=O)NCCc1ccc(OC)cc1. The molecule has 1 amide bonds. The fourth-order valence-corrected chi connectivity index (χ4v) is 1.70. The predicted octanol–water partition coefficient (Wildman–Crippen LogP) is 1.74. The molecule has 0 fully saturated rings. The molecule has 4 nitrogen and oxygen atoms in total. The van der Waals surface area contributed by atoms with Gasteiger partial charge in [0.15, 0.2) is 0 Å². The Morgan fingerprint density at radius 3 is 2.58 bits per heavy atom. The first kappa shape index (κ1) is 15.5. The molecule has 19 heavy (non-hydrogen) atoms. The highest BCUT2D eigenvalue weighted by Gasteiger charge is 2.00. The van der Waals surface area contributed by atoms with Gasteiger partial charge in [0.25, 0.3) is 0 Å². The van der Waals surface area contributed by atoms with Gasteiger partial charge in [0.1, 0.15) is 5.75 Å². The minimum Gasteiger partial charge on any atom is -0.497 e. The van der Waals surface area contributed by atoms with E-state index in [1.807, 2.05) is 24.3 Å². The molecular formula is C15H24N2O2. The van der Waals surface area contributed by atoms with Crippen LogP contribution in [0.3, 0.4) is 0 Å². The van der Waals surface area contributed by atoms with Gasteiger partial charge in [-0.3, -0.25) is 4.79 Å². The van der Waals surface area contributed by atoms with Gasteiger partial charge in [-0.15, -0.1) is 0 Å². The van der Waals surface area contributed by atoms with Gasteiger partial charge < -0.3 is 15.4 Å². The maximum Gasteiger partial charge on any atom is 0.233 e. The van der Waals surface area contributed by atoms with Crippen LogP contribution in [0.1, 0.15) is 25.3 Å². The van der Waals surface area contributed by atoms with Gasteiger partial charge in [-0.05, 0) is 37.1 Å². The normalized spacial score (nSPS) is 10.2. The third kappa shape index (κ3) is 6.82. The van der Waals surface area contributed by atoms with Crippen LogP contribution in [-0.2, 0) is 11.2 Å². The molecule has 0 atom stereocenters. The van der Waals surface area contributed by atoms with Crippen molar-refractivity contribution in [2.75, 3.05) is 26.7 Å². The Hall–Kier alpha value is -1.55. The van der Waals surface area contributed by atoms with Crippen molar-refractivity contribution in [2.24, 2.45) is 0 Å². The molecule has 0 saturated carbocycles. The van der Waals surface area contributed by atoms with Gasteiger partial charge in [0.2, 0.25) is 5.91 Å². The lowest BCUT2D eigenvalue weighted by Crippen LogP contribution is -2.35. The summed E-state index contributed by atoms with van der Waals surface area (Å²) in [5.74, 6) is 0.914. The minimum atomic E-state index is 0.0598. The standard InChI is InChI=1S/C15H24N2O2/c1-3-4-10-16-12-15(18)17-11-9-13-5-7-14(19-2)8-6-13/h5-8,16H,3-4,9-12H2,1-2H3,(H,17,18). The highest BCUT2D eigenvalue weighted by atomic mass is 16.5. The smallest absolute Gasteiger partial charge is 0.233 e. The second-order valence-electron chi connectivity index (χ2n) is 4.48. The number of hydrogen-bond acceptors (Lipinski definition) is 3. The first-order chi connectivity index (χ1) is 9.26. The molecule has 1 aromatic rings. The van der Waals surface area contributed by atoms with Crippen molar-refractivity contribution in [3.05, 3.63) is 29.8 Å². The van der Waals surface area contributed by atoms with Crippen molar-refractivity contribution in [3.8, 4) is 5.75 Å². The highest BCUT2D eigenvalue weighted by Crippen LogP contribution is 2.11. The van der Waals surface area contributed by atoms with Gasteiger partial charge in [0, 0.05) is 6.54 Å². The molecule has 4 heteroatoms. The summed E-state index contributed by atoms with van der Waals surface area (Å²) in [6, 6.07) is 7.90. The second kappa shape index (κ2) is 9.39. The van der Waals surface area contributed by atoms with Crippen LogP contribution in [0, 0.1) is 0 Å². The first-order valence-corrected chi connectivity index (χ1v) is 6.86. The van der Waals surface area contributed by atoms with E-state index in [-0.39, 0.29) is 5.91 Å². The van der Waals surface area contributed by atoms with E-state index in [2.05, 4.69) is 17.6 Å². The zero-order valence-corrected chi connectivity index (χ0v) is 11.9. The maximum absolute atomic E-state index is 11.5. The zero-order chi connectivity index (χ0) is 13.9. The maximum atomic E-state index is 11.5. The molecule has 0 bridgehead atoms. The summed E-state index contributed by atoms with van der Waals surface area (Å²) in [5, 5.41) is 6.03. The van der Waals surface area contributed by atoms with E-state index in [0.717, 1.165) is 31.6 Å². The molecule has 0 unspecified atom stereocenters. The van der Waals surface area contributed by atoms with Crippen molar-refractivity contribution < 1.29 is 9.53 Å². The van der Waals surface area contributed by atoms with Crippen molar-refractivity contribution >= 4 is 5.91 Å². The van der Waals surface area contributed by atoms with Gasteiger partial charge in [-0.25, -0.2) is 0 Å². The lowest BCUT2D eigenvalue weighted by molar-refractivity contribution is -0.120. The van der Waals surface area contributed by atoms with E-state index in [1.54, 1.807) is 7.11 Å². The fraction of sp³-hybridized carbons (Fsp3) is 0.533. The van der Waals surface area contributed by atoms with Crippen molar-refractivity contribution in [2.45, 2.75) is 26.2 Å². The molecule has 0 aliphatic rings. The molecule has 2 N–H and O–H groups in total. The Bertz CT molecular complexity index is 363. The van der Waals surface area contributed by atoms with Crippen LogP contribution in [0.2, 0.25) is 0 Å². The summed E-state index contributed by atoms with van der Waals surface area (Å²) in [6.45, 7) is 4.11. The van der Waals surface area contributed by atoms with Gasteiger partial charge in [0.05, 0.1) is 13.7 Å². The lowest BCUT2D eigenvalue weighted by atomic mass is 10.1. The van der Waals surface area contributed by atoms with E-state index < -0.39 is 0 Å². The minimum absolute atomic E-state index is 0.0598. The molecule has 1 aromatic carbocycles. The van der Waals surface area contributed by atoms with Crippen molar-refractivity contribution in [1.82, 2.24) is 10.6 Å². The summed E-state index contributed by atoms with van der Waals surface area (Å²) >= 11 is 0. The van der Waals surface area contributed by atoms with Crippen LogP contribution in [0.15, 0.2) is 24.3 Å². The summed E-state index contributed by atoms with van der Waals surface area (Å²) in [5.41, 5.74) is 1.19. The average molecular weight is 264 g/mol. The largest absolute Gasteiger partial charge is 0.497 e. The molecule has 0 aliphatic heterocycles. The topological polar surface area (TPSA) is 50.4 Å². The summed E-state index contributed by atoms with van der Waals surface area (Å²) < 4.78 is 5.10. The summed E-state index contributed by atoms with van der Waals surface area (Å²) in [6.07, 6.45) is 3.09. The highest BCUT2D eigenvalue weighted by molar-refractivity contribution is 5.77. The Labute approximate surface area is 115 Å². The lowest BCUT2D eigenvalue weighted by Gasteiger charge is -2.07. The third-order valence-corrected chi connectivity index (χ3v) is 2.89. The van der Waals surface area contributed by atoms with E-state index in [0.29, 0.717) is 13.1 Å². The van der Waals surface area contributed by atoms with Crippen LogP contribution in [-0.4, -0.2) is 32.7 Å². The molecular weight excluding hydrogens is 240 g/mol. The number of benzene rings is 1. The van der Waals surface area contributed by atoms with Crippen LogP contribution in [0.5, 0.6) is 5.75 Å². The van der Waals surface area contributed by atoms with Crippen molar-refractivity contribution in [3.63, 3.8) is 0 Å². The van der Waals surface area contributed by atoms with Crippen LogP contribution in [0.4, 0.5) is 0 Å². The average Bonchev–Trinajstić information content (AvgIpc) is 2.44. The van der Waals surface area contributed by atoms with Gasteiger partial charge in [-0.2, -0.15) is 0 Å². The number of unbranched alkanes of at least 4 members (excludes halogenated alkanes) is 1. The Kier molecular flexibility index (Phi) is 7.66. The Morgan fingerprint density at radius 2 is 1.95 bits per heavy atom. The molecule has 1 rings (SSSR count). The number of ether oxygens (including phenoxy) is 1. The van der Waals surface area contributed by atoms with E-state index in [4.69, 9.17) is 4.74 Å². The van der Waals surface area contributed by atoms with Crippen LogP contribution >= 0.6 is 0 Å². The fourth-order valence-electron chi connectivity index (χ4n) is 1.70. The Balaban J connectivity index is 2.13. The summed E-state index contributed by atoms with van der Waals surface area (Å²) in [7, 11) is 1.65. The van der Waals surface area contributed by atoms with E-state index in [9.17, 15) is 4.79 Å². The molecule has 0 spiro atoms. The molecule has 0 aromatic heterocycles. The molecule has 0 radical (unpaired) electrons. The number of rotatable bonds is 9. The molecule has 106 valence electrons. The number of carbonyl (C=O) groups excluding carboxylic acids is 1. The molecule has 0 aliphatic carbocycles. The number of amides is 1. The first-order valence-electron chi connectivity index (χ1n) is 6.86. The van der Waals surface area contributed by atoms with Crippen molar-refractivity contribution in [1.29, 1.82) is 0 Å². The monoisotopic (exact) mass is 264 g/mol. The van der Waals surface area contributed by atoms with Gasteiger partial charge in [-0.1, -0.05) is 25.5 Å². The molecule has 0 saturated heterocycles. The quantitative estimate of drug-likeness (QED) is 0.668. The zero-order valence-electron chi connectivity index (χ0n) is 11.9. The number of hydrogen-bond donors (Lipinski definition) is 2. The number of nitrogens with one attached hydrogen (secondary N) is 2. The number of carbonyl (C=O) groups is 1. The third-order valence-electron chi connectivity index (χ3n) is 2.89. The Morgan fingerprint density at radius 1 is 1.21 bits per heavy atom. The van der Waals surface area contributed by atoms with E-state index in [1.165, 1.54) is 5.56 Å². The second-order valence-corrected chi connectivity index (χ2v) is 4.48. The van der Waals surface area contributed by atoms with E-state index >= 15 is 0 Å². The molecule has 0 heterocycles. The van der Waals surface area contributed by atoms with Crippen LogP contribution in [0.25, 0.3) is 0 Å². The van der Waals surface area contributed by atoms with Crippen LogP contribution < -0.4 is 15.4 Å². The summed E-state index contributed by atoms with van der Waals surface area (Å²) in [4.78, 5) is 11.5. The van der Waals surface area contributed by atoms with Gasteiger partial charge >= 0.3 is 0 Å². The predicted molar refractivity (Wildman–Crippen MR) is 77.5 cm³/mol.